The van der Waals surface area contributed by atoms with E-state index in [-0.39, 0.29) is 56.8 Å². The van der Waals surface area contributed by atoms with Crippen molar-refractivity contribution >= 4 is 39.1 Å². The summed E-state index contributed by atoms with van der Waals surface area (Å²) in [7, 11) is 0. The summed E-state index contributed by atoms with van der Waals surface area (Å²) in [5, 5.41) is 10.6. The molecule has 0 spiro atoms. The van der Waals surface area contributed by atoms with Gasteiger partial charge in [0, 0.05) is 54.0 Å². The maximum atomic E-state index is 16.8. The average molecular weight is 630 g/mol. The van der Waals surface area contributed by atoms with Crippen LogP contribution in [0.15, 0.2) is 30.3 Å². The smallest absolute Gasteiger partial charge is 0.319 e. The molecule has 232 valence electrons. The largest absolute Gasteiger partial charge is 0.508 e. The van der Waals surface area contributed by atoms with E-state index in [2.05, 4.69) is 9.88 Å². The fourth-order valence-electron chi connectivity index (χ4n) is 7.27. The number of phenols is 1. The molecule has 4 aromatic rings. The lowest BCUT2D eigenvalue weighted by Crippen LogP contribution is -2.43. The Morgan fingerprint density at radius 2 is 1.89 bits per heavy atom. The van der Waals surface area contributed by atoms with Gasteiger partial charge in [0.1, 0.15) is 29.9 Å². The molecule has 3 aromatic carbocycles. The highest BCUT2D eigenvalue weighted by atomic mass is 35.5. The topological polar surface area (TPSA) is 87.7 Å². The first-order chi connectivity index (χ1) is 21.1. The van der Waals surface area contributed by atoms with E-state index < -0.39 is 29.2 Å². The number of fused-ring (bicyclic) bond motifs is 3. The molecule has 0 aliphatic carbocycles. The Hall–Kier alpha value is -3.41. The minimum atomic E-state index is -1.19. The van der Waals surface area contributed by atoms with Gasteiger partial charge in [0.2, 0.25) is 0 Å². The fraction of sp³-hybridized carbons (Fsp3) is 0.438. The van der Waals surface area contributed by atoms with E-state index in [4.69, 9.17) is 27.1 Å². The second-order valence-electron chi connectivity index (χ2n) is 12.3. The van der Waals surface area contributed by atoms with Crippen molar-refractivity contribution in [3.63, 3.8) is 0 Å². The number of halogens is 5. The quantitative estimate of drug-likeness (QED) is 0.244. The highest BCUT2D eigenvalue weighted by molar-refractivity contribution is 6.35. The first-order valence-corrected chi connectivity index (χ1v) is 15.3. The number of alkyl halides is 1. The molecule has 1 aromatic heterocycles. The van der Waals surface area contributed by atoms with Crippen molar-refractivity contribution in [2.24, 2.45) is 5.73 Å². The first kappa shape index (κ1) is 29.3. The van der Waals surface area contributed by atoms with Gasteiger partial charge in [-0.3, -0.25) is 4.90 Å². The van der Waals surface area contributed by atoms with Gasteiger partial charge < -0.3 is 20.5 Å². The zero-order chi connectivity index (χ0) is 30.7. The number of rotatable bonds is 5. The van der Waals surface area contributed by atoms with Gasteiger partial charge in [-0.15, -0.1) is 0 Å². The Bertz CT molecular complexity index is 1780. The van der Waals surface area contributed by atoms with Gasteiger partial charge in [-0.05, 0) is 68.3 Å². The summed E-state index contributed by atoms with van der Waals surface area (Å²) in [4.78, 5) is 13.3. The van der Waals surface area contributed by atoms with Crippen LogP contribution < -0.4 is 15.4 Å². The number of hydrogen-bond acceptors (Lipinski definition) is 7. The van der Waals surface area contributed by atoms with Crippen molar-refractivity contribution < 1.29 is 27.4 Å². The second-order valence-corrected chi connectivity index (χ2v) is 12.7. The minimum absolute atomic E-state index is 0.0218. The number of ether oxygens (including phenoxy) is 1. The lowest BCUT2D eigenvalue weighted by molar-refractivity contribution is 0.107. The summed E-state index contributed by atoms with van der Waals surface area (Å²) >= 11 is 6.71. The van der Waals surface area contributed by atoms with Gasteiger partial charge >= 0.3 is 6.01 Å². The first-order valence-electron chi connectivity index (χ1n) is 15.0. The number of hydrogen-bond donors (Lipinski definition) is 2. The molecule has 0 bridgehead atoms. The van der Waals surface area contributed by atoms with Crippen molar-refractivity contribution in [3.8, 4) is 22.9 Å². The van der Waals surface area contributed by atoms with E-state index in [1.54, 1.807) is 0 Å². The summed E-state index contributed by atoms with van der Waals surface area (Å²) in [6, 6.07) is 6.11. The van der Waals surface area contributed by atoms with Crippen molar-refractivity contribution in [1.29, 1.82) is 0 Å². The van der Waals surface area contributed by atoms with Gasteiger partial charge in [-0.1, -0.05) is 17.7 Å². The van der Waals surface area contributed by atoms with Crippen molar-refractivity contribution in [3.05, 3.63) is 52.8 Å². The molecular formula is C32H32ClF4N5O2. The summed E-state index contributed by atoms with van der Waals surface area (Å²) < 4.78 is 66.9. The summed E-state index contributed by atoms with van der Waals surface area (Å²) in [5.41, 5.74) is 5.27. The van der Waals surface area contributed by atoms with E-state index in [0.29, 0.717) is 43.7 Å². The predicted octanol–water partition coefficient (Wildman–Crippen LogP) is 6.50. The minimum Gasteiger partial charge on any atom is -0.508 e. The van der Waals surface area contributed by atoms with Gasteiger partial charge in [-0.25, -0.2) is 17.6 Å². The molecule has 1 unspecified atom stereocenters. The fourth-order valence-corrected chi connectivity index (χ4v) is 7.57. The van der Waals surface area contributed by atoms with E-state index in [1.165, 1.54) is 18.2 Å². The normalized spacial score (nSPS) is 24.3. The number of aromatic nitrogens is 2. The summed E-state index contributed by atoms with van der Waals surface area (Å²) in [5.74, 6) is -3.06. The molecule has 7 nitrogen and oxygen atoms in total. The number of nitrogens with zero attached hydrogens (tertiary/aromatic N) is 4. The Labute approximate surface area is 256 Å². The van der Waals surface area contributed by atoms with Crippen LogP contribution in [0.25, 0.3) is 32.8 Å². The summed E-state index contributed by atoms with van der Waals surface area (Å²) in [6.45, 7) is 2.46. The van der Waals surface area contributed by atoms with Gasteiger partial charge in [0.25, 0.3) is 0 Å². The molecule has 0 radical (unpaired) electrons. The van der Waals surface area contributed by atoms with Crippen molar-refractivity contribution in [2.45, 2.75) is 56.3 Å². The van der Waals surface area contributed by atoms with E-state index >= 15 is 8.78 Å². The van der Waals surface area contributed by atoms with Crippen LogP contribution in [0.4, 0.5) is 23.4 Å². The van der Waals surface area contributed by atoms with E-state index in [1.807, 2.05) is 4.90 Å². The Morgan fingerprint density at radius 3 is 2.73 bits per heavy atom. The number of nitrogens with two attached hydrogens (primary N) is 1. The Balaban J connectivity index is 1.39. The molecule has 7 rings (SSSR count). The molecule has 0 saturated carbocycles. The van der Waals surface area contributed by atoms with Crippen LogP contribution in [-0.4, -0.2) is 70.5 Å². The van der Waals surface area contributed by atoms with Crippen LogP contribution in [0, 0.1) is 17.5 Å². The molecule has 3 fully saturated rings. The van der Waals surface area contributed by atoms with Gasteiger partial charge in [0.05, 0.1) is 10.6 Å². The number of benzene rings is 3. The van der Waals surface area contributed by atoms with Crippen LogP contribution >= 0.6 is 11.6 Å². The predicted molar refractivity (Wildman–Crippen MR) is 162 cm³/mol. The molecular weight excluding hydrogens is 598 g/mol. The maximum Gasteiger partial charge on any atom is 0.319 e. The Morgan fingerprint density at radius 1 is 1.05 bits per heavy atom. The maximum absolute atomic E-state index is 16.8. The van der Waals surface area contributed by atoms with Crippen molar-refractivity contribution in [2.75, 3.05) is 37.7 Å². The van der Waals surface area contributed by atoms with E-state index in [0.717, 1.165) is 44.4 Å². The third-order valence-electron chi connectivity index (χ3n) is 9.41. The third kappa shape index (κ3) is 4.98. The standard InChI is InChI=1S/C32H32ClF4N5O2/c33-23-13-22-29(28(37)26(23)21-12-20(43)11-17-4-5-24(35)27(36)25(17)21)39-31(40-30(22)41-8-1-3-19(38)6-10-41)44-16-32-7-2-9-42(32)15-18(34)14-32/h4-5,11-13,18-19,43H,1-3,6-10,14-16,38H2/t18-,19?,32+/m1/s1. The highest BCUT2D eigenvalue weighted by Crippen LogP contribution is 2.44. The SMILES string of the molecule is NC1CCCN(c2nc(OC[C@@]34CCCN3C[C@H](F)C4)nc3c(F)c(-c4cc(O)cc5ccc(F)c(F)c45)c(Cl)cc23)CC1. The lowest BCUT2D eigenvalue weighted by Gasteiger charge is -2.31. The molecule has 0 amide bonds. The Kier molecular flexibility index (Phi) is 7.45. The average Bonchev–Trinajstić information content (AvgIpc) is 3.41. The van der Waals surface area contributed by atoms with Crippen molar-refractivity contribution in [1.82, 2.24) is 14.9 Å². The number of anilines is 1. The molecule has 44 heavy (non-hydrogen) atoms. The molecule has 12 heteroatoms. The van der Waals surface area contributed by atoms with Crippen LogP contribution in [0.3, 0.4) is 0 Å². The van der Waals surface area contributed by atoms with Crippen LogP contribution in [0.5, 0.6) is 11.8 Å². The second kappa shape index (κ2) is 11.2. The zero-order valence-corrected chi connectivity index (χ0v) is 24.7. The van der Waals surface area contributed by atoms with Gasteiger partial charge in [-0.2, -0.15) is 9.97 Å². The molecule has 3 N–H and O–H groups in total. The zero-order valence-electron chi connectivity index (χ0n) is 23.9. The van der Waals surface area contributed by atoms with E-state index in [9.17, 15) is 13.9 Å². The molecule has 4 heterocycles. The molecule has 3 saturated heterocycles. The van der Waals surface area contributed by atoms with Crippen LogP contribution in [-0.2, 0) is 0 Å². The van der Waals surface area contributed by atoms with Gasteiger partial charge in [0.15, 0.2) is 17.5 Å². The van der Waals surface area contributed by atoms with Crippen LogP contribution in [0.2, 0.25) is 5.02 Å². The molecule has 3 atom stereocenters. The lowest BCUT2D eigenvalue weighted by atomic mass is 9.95. The highest BCUT2D eigenvalue weighted by Gasteiger charge is 2.49. The number of aromatic hydroxyl groups is 1. The molecule has 3 aliphatic heterocycles. The summed E-state index contributed by atoms with van der Waals surface area (Å²) in [6.07, 6.45) is 3.44. The third-order valence-corrected chi connectivity index (χ3v) is 9.70. The number of phenolic OH excluding ortho intramolecular Hbond substituents is 1. The monoisotopic (exact) mass is 629 g/mol. The van der Waals surface area contributed by atoms with Crippen LogP contribution in [0.1, 0.15) is 38.5 Å². The molecule has 3 aliphatic rings.